The van der Waals surface area contributed by atoms with Crippen molar-refractivity contribution >= 4 is 38.7 Å². The van der Waals surface area contributed by atoms with Crippen LogP contribution in [-0.4, -0.2) is 45.9 Å². The van der Waals surface area contributed by atoms with E-state index in [-0.39, 0.29) is 23.6 Å². The van der Waals surface area contributed by atoms with E-state index in [9.17, 15) is 13.2 Å². The number of nitrogens with one attached hydrogen (secondary N) is 1. The van der Waals surface area contributed by atoms with Crippen LogP contribution in [0.25, 0.3) is 0 Å². The number of hydrogen-bond acceptors (Lipinski definition) is 5. The van der Waals surface area contributed by atoms with Crippen LogP contribution in [0.15, 0.2) is 47.4 Å². The minimum absolute atomic E-state index is 0.0414. The molecule has 25 heavy (non-hydrogen) atoms. The molecule has 0 radical (unpaired) electrons. The Morgan fingerprint density at radius 2 is 1.84 bits per heavy atom. The Morgan fingerprint density at radius 3 is 2.40 bits per heavy atom. The Bertz CT molecular complexity index is 867. The molecule has 0 aliphatic heterocycles. The number of likely N-dealkylation sites (N-methyl/N-ethyl adjacent to an activating group) is 1. The van der Waals surface area contributed by atoms with E-state index in [1.807, 2.05) is 0 Å². The summed E-state index contributed by atoms with van der Waals surface area (Å²) >= 11 is 5.82. The standard InChI is InChI=1S/C17H19ClN2O4S/c1-20(10-11-21)15-5-3-4-14(16(15)25(2,23)24)17(22)19-13-8-6-12(18)7-9-13/h3-9,21H,10-11H2,1-2H3,(H,19,22). The van der Waals surface area contributed by atoms with Crippen LogP contribution in [0.3, 0.4) is 0 Å². The smallest absolute Gasteiger partial charge is 0.257 e. The van der Waals surface area contributed by atoms with Gasteiger partial charge in [0, 0.05) is 30.6 Å². The van der Waals surface area contributed by atoms with Gasteiger partial charge in [-0.2, -0.15) is 0 Å². The van der Waals surface area contributed by atoms with Crippen molar-refractivity contribution in [2.75, 3.05) is 36.7 Å². The second kappa shape index (κ2) is 7.86. The van der Waals surface area contributed by atoms with E-state index in [1.54, 1.807) is 48.3 Å². The zero-order valence-corrected chi connectivity index (χ0v) is 15.4. The number of carbonyl (C=O) groups is 1. The maximum Gasteiger partial charge on any atom is 0.257 e. The van der Waals surface area contributed by atoms with E-state index < -0.39 is 15.7 Å². The fourth-order valence-corrected chi connectivity index (χ4v) is 3.69. The van der Waals surface area contributed by atoms with Gasteiger partial charge < -0.3 is 15.3 Å². The Labute approximate surface area is 152 Å². The minimum Gasteiger partial charge on any atom is -0.395 e. The number of rotatable bonds is 6. The van der Waals surface area contributed by atoms with Crippen molar-refractivity contribution in [3.8, 4) is 0 Å². The molecule has 0 fully saturated rings. The van der Waals surface area contributed by atoms with Gasteiger partial charge in [-0.15, -0.1) is 0 Å². The van der Waals surface area contributed by atoms with Gasteiger partial charge in [0.2, 0.25) is 0 Å². The summed E-state index contributed by atoms with van der Waals surface area (Å²) < 4.78 is 24.6. The molecular formula is C17H19ClN2O4S. The maximum absolute atomic E-state index is 12.6. The highest BCUT2D eigenvalue weighted by Gasteiger charge is 2.24. The van der Waals surface area contributed by atoms with Crippen molar-refractivity contribution in [3.63, 3.8) is 0 Å². The second-order valence-electron chi connectivity index (χ2n) is 5.53. The van der Waals surface area contributed by atoms with Crippen LogP contribution in [0, 0.1) is 0 Å². The number of aliphatic hydroxyl groups is 1. The van der Waals surface area contributed by atoms with Gasteiger partial charge in [0.15, 0.2) is 9.84 Å². The van der Waals surface area contributed by atoms with E-state index >= 15 is 0 Å². The third kappa shape index (κ3) is 4.72. The highest BCUT2D eigenvalue weighted by molar-refractivity contribution is 7.91. The molecule has 6 nitrogen and oxygen atoms in total. The summed E-state index contributed by atoms with van der Waals surface area (Å²) in [5.41, 5.74) is 0.906. The number of benzene rings is 2. The quantitative estimate of drug-likeness (QED) is 0.801. The molecule has 8 heteroatoms. The fourth-order valence-electron chi connectivity index (χ4n) is 2.40. The van der Waals surface area contributed by atoms with Crippen LogP contribution in [-0.2, 0) is 9.84 Å². The van der Waals surface area contributed by atoms with Crippen molar-refractivity contribution < 1.29 is 18.3 Å². The van der Waals surface area contributed by atoms with Crippen LogP contribution in [0.5, 0.6) is 0 Å². The number of nitrogens with zero attached hydrogens (tertiary/aromatic N) is 1. The zero-order valence-electron chi connectivity index (χ0n) is 13.9. The van der Waals surface area contributed by atoms with Crippen molar-refractivity contribution in [1.82, 2.24) is 0 Å². The van der Waals surface area contributed by atoms with E-state index in [2.05, 4.69) is 5.32 Å². The lowest BCUT2D eigenvalue weighted by molar-refractivity contribution is 0.102. The number of hydrogen-bond donors (Lipinski definition) is 2. The molecule has 0 aliphatic rings. The molecule has 0 heterocycles. The fraction of sp³-hybridized carbons (Fsp3) is 0.235. The summed E-state index contributed by atoms with van der Waals surface area (Å²) in [6.45, 7) is 0.103. The number of amides is 1. The van der Waals surface area contributed by atoms with Gasteiger partial charge in [-0.1, -0.05) is 17.7 Å². The Kier molecular flexibility index (Phi) is 6.05. The van der Waals surface area contributed by atoms with Crippen molar-refractivity contribution in [2.24, 2.45) is 0 Å². The normalized spacial score (nSPS) is 11.2. The lowest BCUT2D eigenvalue weighted by Crippen LogP contribution is -2.25. The highest BCUT2D eigenvalue weighted by atomic mass is 35.5. The molecule has 0 saturated heterocycles. The van der Waals surface area contributed by atoms with Gasteiger partial charge in [-0.05, 0) is 36.4 Å². The number of sulfone groups is 1. The summed E-state index contributed by atoms with van der Waals surface area (Å²) in [4.78, 5) is 14.1. The number of anilines is 2. The molecule has 0 atom stereocenters. The predicted octanol–water partition coefficient (Wildman–Crippen LogP) is 2.42. The lowest BCUT2D eigenvalue weighted by Gasteiger charge is -2.22. The van der Waals surface area contributed by atoms with E-state index in [1.165, 1.54) is 6.07 Å². The summed E-state index contributed by atoms with van der Waals surface area (Å²) in [5, 5.41) is 12.3. The minimum atomic E-state index is -3.68. The first kappa shape index (κ1) is 19.2. The van der Waals surface area contributed by atoms with Crippen LogP contribution in [0.1, 0.15) is 10.4 Å². The van der Waals surface area contributed by atoms with Crippen molar-refractivity contribution in [1.29, 1.82) is 0 Å². The molecule has 0 unspecified atom stereocenters. The van der Waals surface area contributed by atoms with Crippen molar-refractivity contribution in [2.45, 2.75) is 4.90 Å². The molecule has 134 valence electrons. The molecule has 2 aromatic rings. The van der Waals surface area contributed by atoms with Gasteiger partial charge in [-0.3, -0.25) is 4.79 Å². The lowest BCUT2D eigenvalue weighted by atomic mass is 10.1. The van der Waals surface area contributed by atoms with Gasteiger partial charge in [0.25, 0.3) is 5.91 Å². The van der Waals surface area contributed by atoms with Gasteiger partial charge in [0.05, 0.1) is 17.9 Å². The van der Waals surface area contributed by atoms with Crippen LogP contribution < -0.4 is 10.2 Å². The average molecular weight is 383 g/mol. The SMILES string of the molecule is CN(CCO)c1cccc(C(=O)Nc2ccc(Cl)cc2)c1S(C)(=O)=O. The maximum atomic E-state index is 12.6. The number of halogens is 1. The molecule has 0 aliphatic carbocycles. The molecule has 0 bridgehead atoms. The topological polar surface area (TPSA) is 86.7 Å². The molecular weight excluding hydrogens is 364 g/mol. The number of carbonyl (C=O) groups excluding carboxylic acids is 1. The van der Waals surface area contributed by atoms with Gasteiger partial charge >= 0.3 is 0 Å². The molecule has 2 aromatic carbocycles. The van der Waals surface area contributed by atoms with Crippen molar-refractivity contribution in [3.05, 3.63) is 53.1 Å². The van der Waals surface area contributed by atoms with E-state index in [0.29, 0.717) is 16.4 Å². The first-order valence-electron chi connectivity index (χ1n) is 7.46. The van der Waals surface area contributed by atoms with E-state index in [4.69, 9.17) is 16.7 Å². The zero-order chi connectivity index (χ0) is 18.6. The Hall–Kier alpha value is -2.09. The monoisotopic (exact) mass is 382 g/mol. The van der Waals surface area contributed by atoms with Crippen LogP contribution >= 0.6 is 11.6 Å². The number of aliphatic hydroxyl groups excluding tert-OH is 1. The summed E-state index contributed by atoms with van der Waals surface area (Å²) in [6, 6.07) is 11.2. The largest absolute Gasteiger partial charge is 0.395 e. The van der Waals surface area contributed by atoms with Crippen LogP contribution in [0.2, 0.25) is 5.02 Å². The van der Waals surface area contributed by atoms with Gasteiger partial charge in [0.1, 0.15) is 4.90 Å². The highest BCUT2D eigenvalue weighted by Crippen LogP contribution is 2.29. The summed E-state index contributed by atoms with van der Waals surface area (Å²) in [5.74, 6) is -0.540. The summed E-state index contributed by atoms with van der Waals surface area (Å²) in [7, 11) is -2.02. The molecule has 1 amide bonds. The van der Waals surface area contributed by atoms with E-state index in [0.717, 1.165) is 6.26 Å². The average Bonchev–Trinajstić information content (AvgIpc) is 2.55. The summed E-state index contributed by atoms with van der Waals surface area (Å²) in [6.07, 6.45) is 1.05. The molecule has 0 saturated carbocycles. The van der Waals surface area contributed by atoms with Crippen LogP contribution in [0.4, 0.5) is 11.4 Å². The third-order valence-electron chi connectivity index (χ3n) is 3.56. The van der Waals surface area contributed by atoms with Gasteiger partial charge in [-0.25, -0.2) is 8.42 Å². The molecule has 2 rings (SSSR count). The molecule has 2 N–H and O–H groups in total. The first-order chi connectivity index (χ1) is 11.7. The Balaban J connectivity index is 2.47. The molecule has 0 spiro atoms. The molecule has 0 aromatic heterocycles. The first-order valence-corrected chi connectivity index (χ1v) is 9.73. The predicted molar refractivity (Wildman–Crippen MR) is 99.3 cm³/mol. The second-order valence-corrected chi connectivity index (χ2v) is 7.92. The Morgan fingerprint density at radius 1 is 1.20 bits per heavy atom. The third-order valence-corrected chi connectivity index (χ3v) is 4.98.